The average molecular weight is 298 g/mol. The Labute approximate surface area is 110 Å². The predicted molar refractivity (Wildman–Crippen MR) is 70.1 cm³/mol. The number of carbonyl (C=O) groups is 1. The van der Waals surface area contributed by atoms with Crippen molar-refractivity contribution in [2.24, 2.45) is 5.92 Å². The molecule has 0 amide bonds. The van der Waals surface area contributed by atoms with Crippen molar-refractivity contribution in [2.75, 3.05) is 26.2 Å². The van der Waals surface area contributed by atoms with Gasteiger partial charge in [0.05, 0.1) is 6.54 Å². The van der Waals surface area contributed by atoms with E-state index in [9.17, 15) is 4.79 Å². The Morgan fingerprint density at radius 3 is 2.88 bits per heavy atom. The summed E-state index contributed by atoms with van der Waals surface area (Å²) in [6.07, 6.45) is 0.986. The fraction of sp³-hybridized carbons (Fsp3) is 0.462. The molecule has 1 aliphatic heterocycles. The number of nitrogens with zero attached hydrogens (tertiary/aromatic N) is 1. The highest BCUT2D eigenvalue weighted by atomic mass is 79.9. The smallest absolute Gasteiger partial charge is 0.177 e. The molecule has 1 N–H and O–H groups in total. The maximum absolute atomic E-state index is 12.1. The zero-order valence-corrected chi connectivity index (χ0v) is 11.2. The standard InChI is InChI=1S/C13H16BrNO2/c14-12-4-2-1-3-11(12)13(17)8-15-6-5-10(7-15)9-16/h1-4,10,16H,5-9H2. The first kappa shape index (κ1) is 12.7. The third-order valence-electron chi connectivity index (χ3n) is 3.17. The van der Waals surface area contributed by atoms with Gasteiger partial charge in [0.25, 0.3) is 0 Å². The van der Waals surface area contributed by atoms with Gasteiger partial charge in [-0.05, 0) is 24.9 Å². The van der Waals surface area contributed by atoms with E-state index < -0.39 is 0 Å². The van der Waals surface area contributed by atoms with Crippen LogP contribution in [0.3, 0.4) is 0 Å². The average Bonchev–Trinajstić information content (AvgIpc) is 2.77. The van der Waals surface area contributed by atoms with Gasteiger partial charge in [-0.25, -0.2) is 0 Å². The largest absolute Gasteiger partial charge is 0.396 e. The van der Waals surface area contributed by atoms with Gasteiger partial charge >= 0.3 is 0 Å². The predicted octanol–water partition coefficient (Wildman–Crippen LogP) is 1.95. The molecule has 0 aliphatic carbocycles. The summed E-state index contributed by atoms with van der Waals surface area (Å²) in [5.41, 5.74) is 0.736. The Morgan fingerprint density at radius 1 is 1.47 bits per heavy atom. The van der Waals surface area contributed by atoms with Crippen LogP contribution in [0.1, 0.15) is 16.8 Å². The molecule has 92 valence electrons. The summed E-state index contributed by atoms with van der Waals surface area (Å²) in [4.78, 5) is 14.2. The van der Waals surface area contributed by atoms with E-state index in [1.807, 2.05) is 24.3 Å². The fourth-order valence-electron chi connectivity index (χ4n) is 2.18. The fourth-order valence-corrected chi connectivity index (χ4v) is 2.69. The van der Waals surface area contributed by atoms with Crippen molar-refractivity contribution >= 4 is 21.7 Å². The number of hydrogen-bond acceptors (Lipinski definition) is 3. The zero-order valence-electron chi connectivity index (χ0n) is 9.60. The molecule has 1 aromatic rings. The number of rotatable bonds is 4. The lowest BCUT2D eigenvalue weighted by molar-refractivity contribution is 0.0939. The molecule has 1 aromatic carbocycles. The lowest BCUT2D eigenvalue weighted by Gasteiger charge is -2.14. The lowest BCUT2D eigenvalue weighted by Crippen LogP contribution is -2.28. The quantitative estimate of drug-likeness (QED) is 0.864. The van der Waals surface area contributed by atoms with E-state index in [4.69, 9.17) is 5.11 Å². The second-order valence-electron chi connectivity index (χ2n) is 4.48. The first-order chi connectivity index (χ1) is 8.20. The summed E-state index contributed by atoms with van der Waals surface area (Å²) in [6.45, 7) is 2.40. The van der Waals surface area contributed by atoms with Gasteiger partial charge in [0.1, 0.15) is 0 Å². The van der Waals surface area contributed by atoms with Gasteiger partial charge in [-0.3, -0.25) is 9.69 Å². The SMILES string of the molecule is O=C(CN1CCC(CO)C1)c1ccccc1Br. The highest BCUT2D eigenvalue weighted by molar-refractivity contribution is 9.10. The van der Waals surface area contributed by atoms with Gasteiger partial charge in [0.15, 0.2) is 5.78 Å². The molecule has 17 heavy (non-hydrogen) atoms. The Bertz CT molecular complexity index is 408. The molecule has 1 heterocycles. The second-order valence-corrected chi connectivity index (χ2v) is 5.33. The lowest BCUT2D eigenvalue weighted by atomic mass is 10.1. The summed E-state index contributed by atoms with van der Waals surface area (Å²) in [7, 11) is 0. The van der Waals surface area contributed by atoms with Crippen LogP contribution in [0.4, 0.5) is 0 Å². The molecular formula is C13H16BrNO2. The molecule has 1 unspecified atom stereocenters. The molecule has 3 nitrogen and oxygen atoms in total. The molecule has 0 aromatic heterocycles. The number of benzene rings is 1. The first-order valence-electron chi connectivity index (χ1n) is 5.81. The number of aliphatic hydroxyl groups excluding tert-OH is 1. The number of hydrogen-bond donors (Lipinski definition) is 1. The normalized spacial score (nSPS) is 20.7. The molecule has 1 atom stereocenters. The Hall–Kier alpha value is -0.710. The van der Waals surface area contributed by atoms with Crippen molar-refractivity contribution in [1.82, 2.24) is 4.90 Å². The highest BCUT2D eigenvalue weighted by Crippen LogP contribution is 2.19. The molecule has 1 fully saturated rings. The maximum atomic E-state index is 12.1. The molecule has 4 heteroatoms. The third kappa shape index (κ3) is 3.15. The van der Waals surface area contributed by atoms with Crippen LogP contribution < -0.4 is 0 Å². The van der Waals surface area contributed by atoms with Crippen LogP contribution in [0.25, 0.3) is 0 Å². The zero-order chi connectivity index (χ0) is 12.3. The van der Waals surface area contributed by atoms with Gasteiger partial charge in [-0.1, -0.05) is 34.1 Å². The van der Waals surface area contributed by atoms with E-state index in [1.165, 1.54) is 0 Å². The van der Waals surface area contributed by atoms with Gasteiger partial charge in [0.2, 0.25) is 0 Å². The summed E-state index contributed by atoms with van der Waals surface area (Å²) < 4.78 is 0.850. The van der Waals surface area contributed by atoms with Crippen molar-refractivity contribution in [1.29, 1.82) is 0 Å². The van der Waals surface area contributed by atoms with Crippen LogP contribution in [0.15, 0.2) is 28.7 Å². The van der Waals surface area contributed by atoms with Crippen LogP contribution >= 0.6 is 15.9 Å². The number of ketones is 1. The van der Waals surface area contributed by atoms with Crippen LogP contribution in [-0.2, 0) is 0 Å². The van der Waals surface area contributed by atoms with E-state index in [0.29, 0.717) is 12.5 Å². The summed E-state index contributed by atoms with van der Waals surface area (Å²) in [5, 5.41) is 9.06. The topological polar surface area (TPSA) is 40.5 Å². The molecule has 2 rings (SSSR count). The van der Waals surface area contributed by atoms with Crippen molar-refractivity contribution in [3.8, 4) is 0 Å². The van der Waals surface area contributed by atoms with Crippen LogP contribution in [-0.4, -0.2) is 42.0 Å². The number of halogens is 1. The van der Waals surface area contributed by atoms with E-state index >= 15 is 0 Å². The second kappa shape index (κ2) is 5.76. The third-order valence-corrected chi connectivity index (χ3v) is 3.86. The van der Waals surface area contributed by atoms with E-state index in [-0.39, 0.29) is 12.4 Å². The maximum Gasteiger partial charge on any atom is 0.177 e. The number of aliphatic hydroxyl groups is 1. The summed E-state index contributed by atoms with van der Waals surface area (Å²) in [6, 6.07) is 7.50. The van der Waals surface area contributed by atoms with Gasteiger partial charge in [-0.2, -0.15) is 0 Å². The summed E-state index contributed by atoms with van der Waals surface area (Å²) in [5.74, 6) is 0.470. The van der Waals surface area contributed by atoms with Gasteiger partial charge in [0, 0.05) is 23.2 Å². The number of Topliss-reactive ketones (excluding diaryl/α,β-unsaturated/α-hetero) is 1. The minimum absolute atomic E-state index is 0.135. The Kier molecular flexibility index (Phi) is 4.31. The van der Waals surface area contributed by atoms with E-state index in [2.05, 4.69) is 20.8 Å². The van der Waals surface area contributed by atoms with Crippen molar-refractivity contribution in [3.63, 3.8) is 0 Å². The van der Waals surface area contributed by atoms with Gasteiger partial charge in [-0.15, -0.1) is 0 Å². The van der Waals surface area contributed by atoms with E-state index in [1.54, 1.807) is 0 Å². The Morgan fingerprint density at radius 2 is 2.24 bits per heavy atom. The molecule has 0 spiro atoms. The molecule has 0 radical (unpaired) electrons. The monoisotopic (exact) mass is 297 g/mol. The minimum atomic E-state index is 0.135. The van der Waals surface area contributed by atoms with Crippen LogP contribution in [0.5, 0.6) is 0 Å². The van der Waals surface area contributed by atoms with Crippen molar-refractivity contribution in [3.05, 3.63) is 34.3 Å². The van der Waals surface area contributed by atoms with Crippen molar-refractivity contribution < 1.29 is 9.90 Å². The van der Waals surface area contributed by atoms with Gasteiger partial charge < -0.3 is 5.11 Å². The van der Waals surface area contributed by atoms with E-state index in [0.717, 1.165) is 29.5 Å². The summed E-state index contributed by atoms with van der Waals surface area (Å²) >= 11 is 3.39. The molecule has 0 bridgehead atoms. The molecule has 1 aliphatic rings. The molecular weight excluding hydrogens is 282 g/mol. The van der Waals surface area contributed by atoms with Crippen molar-refractivity contribution in [2.45, 2.75) is 6.42 Å². The number of likely N-dealkylation sites (tertiary alicyclic amines) is 1. The highest BCUT2D eigenvalue weighted by Gasteiger charge is 2.24. The Balaban J connectivity index is 1.96. The molecule has 1 saturated heterocycles. The number of carbonyl (C=O) groups excluding carboxylic acids is 1. The van der Waals surface area contributed by atoms with Crippen LogP contribution in [0, 0.1) is 5.92 Å². The first-order valence-corrected chi connectivity index (χ1v) is 6.61. The van der Waals surface area contributed by atoms with Crippen LogP contribution in [0.2, 0.25) is 0 Å². The molecule has 0 saturated carbocycles. The minimum Gasteiger partial charge on any atom is -0.396 e.